The Bertz CT molecular complexity index is 276. The fourth-order valence-electron chi connectivity index (χ4n) is 3.48. The molecule has 3 heteroatoms. The molecule has 0 rings (SSSR count). The largest absolute Gasteiger partial charge is 0.353 e. The quantitative estimate of drug-likeness (QED) is 0.0938. The van der Waals surface area contributed by atoms with E-state index in [2.05, 4.69) is 13.8 Å². The second kappa shape index (κ2) is 24.6. The Kier molecular flexibility index (Phi) is 24.3. The van der Waals surface area contributed by atoms with Crippen molar-refractivity contribution in [2.45, 2.75) is 142 Å². The Labute approximate surface area is 176 Å². The van der Waals surface area contributed by atoms with Crippen molar-refractivity contribution in [1.29, 1.82) is 0 Å². The molecule has 0 fully saturated rings. The molecule has 0 aromatic heterocycles. The van der Waals surface area contributed by atoms with Crippen LogP contribution in [0, 0.1) is 0 Å². The maximum Gasteiger partial charge on any atom is 0.157 e. The van der Waals surface area contributed by atoms with Gasteiger partial charge >= 0.3 is 0 Å². The Hall–Kier alpha value is -0.410. The third kappa shape index (κ3) is 21.9. The van der Waals surface area contributed by atoms with Crippen LogP contribution in [-0.4, -0.2) is 25.8 Å². The van der Waals surface area contributed by atoms with Gasteiger partial charge in [0.05, 0.1) is 0 Å². The van der Waals surface area contributed by atoms with Gasteiger partial charge in [-0.1, -0.05) is 97.3 Å². The lowest BCUT2D eigenvalue weighted by Gasteiger charge is -2.19. The summed E-state index contributed by atoms with van der Waals surface area (Å²) in [6.45, 7) is 6.20. The molecule has 3 nitrogen and oxygen atoms in total. The van der Waals surface area contributed by atoms with Crippen molar-refractivity contribution in [1.82, 2.24) is 0 Å². The van der Waals surface area contributed by atoms with E-state index in [9.17, 15) is 4.79 Å². The summed E-state index contributed by atoms with van der Waals surface area (Å²) in [5.41, 5.74) is 0. The van der Waals surface area contributed by atoms with Gasteiger partial charge in [-0.25, -0.2) is 0 Å². The molecule has 0 atom stereocenters. The zero-order chi connectivity index (χ0) is 20.5. The van der Waals surface area contributed by atoms with E-state index in [1.54, 1.807) is 0 Å². The Morgan fingerprint density at radius 3 is 1.50 bits per heavy atom. The maximum atomic E-state index is 10.3. The summed E-state index contributed by atoms with van der Waals surface area (Å²) in [4.78, 5) is 10.3. The normalized spacial score (nSPS) is 11.4. The SMILES string of the molecule is CCCCCCCCOC(CCCCCCCC=O)OCCCCCCCC. The highest BCUT2D eigenvalue weighted by Crippen LogP contribution is 2.14. The van der Waals surface area contributed by atoms with Crippen LogP contribution in [0.5, 0.6) is 0 Å². The molecule has 0 saturated heterocycles. The standard InChI is InChI=1S/C25H50O3/c1-3-5-7-9-15-19-23-27-25(21-17-13-11-12-14-18-22-26)28-24-20-16-10-8-6-4-2/h22,25H,3-21,23-24H2,1-2H3. The molecule has 0 radical (unpaired) electrons. The van der Waals surface area contributed by atoms with Gasteiger partial charge in [0.25, 0.3) is 0 Å². The van der Waals surface area contributed by atoms with Gasteiger partial charge in [0.15, 0.2) is 6.29 Å². The van der Waals surface area contributed by atoms with Crippen LogP contribution in [0.1, 0.15) is 136 Å². The molecule has 0 heterocycles. The lowest BCUT2D eigenvalue weighted by Crippen LogP contribution is -2.19. The smallest absolute Gasteiger partial charge is 0.157 e. The topological polar surface area (TPSA) is 35.5 Å². The van der Waals surface area contributed by atoms with Gasteiger partial charge in [-0.05, 0) is 32.1 Å². The molecule has 0 bridgehead atoms. The Morgan fingerprint density at radius 1 is 0.571 bits per heavy atom. The van der Waals surface area contributed by atoms with E-state index in [4.69, 9.17) is 9.47 Å². The van der Waals surface area contributed by atoms with Gasteiger partial charge in [-0.3, -0.25) is 0 Å². The molecular weight excluding hydrogens is 348 g/mol. The van der Waals surface area contributed by atoms with E-state index in [1.807, 2.05) is 0 Å². The lowest BCUT2D eigenvalue weighted by molar-refractivity contribution is -0.148. The van der Waals surface area contributed by atoms with Crippen molar-refractivity contribution in [3.05, 3.63) is 0 Å². The summed E-state index contributed by atoms with van der Waals surface area (Å²) in [5.74, 6) is 0. The monoisotopic (exact) mass is 398 g/mol. The summed E-state index contributed by atoms with van der Waals surface area (Å²) < 4.78 is 12.1. The maximum absolute atomic E-state index is 10.3. The minimum absolute atomic E-state index is 0.0127. The number of unbranched alkanes of at least 4 members (excludes halogenated alkanes) is 15. The van der Waals surface area contributed by atoms with Gasteiger partial charge in [0.1, 0.15) is 6.29 Å². The van der Waals surface area contributed by atoms with Crippen LogP contribution in [0.4, 0.5) is 0 Å². The van der Waals surface area contributed by atoms with Crippen LogP contribution < -0.4 is 0 Å². The van der Waals surface area contributed by atoms with Crippen LogP contribution >= 0.6 is 0 Å². The molecule has 0 aromatic rings. The number of hydrogen-bond donors (Lipinski definition) is 0. The fourth-order valence-corrected chi connectivity index (χ4v) is 3.48. The third-order valence-corrected chi connectivity index (χ3v) is 5.37. The highest BCUT2D eigenvalue weighted by molar-refractivity contribution is 5.48. The molecule has 0 spiro atoms. The molecule has 168 valence electrons. The first kappa shape index (κ1) is 27.6. The third-order valence-electron chi connectivity index (χ3n) is 5.37. The molecule has 0 aliphatic rings. The van der Waals surface area contributed by atoms with E-state index in [1.165, 1.54) is 89.9 Å². The fraction of sp³-hybridized carbons (Fsp3) is 0.960. The average Bonchev–Trinajstić information content (AvgIpc) is 2.71. The number of carbonyl (C=O) groups is 1. The molecule has 0 unspecified atom stereocenters. The van der Waals surface area contributed by atoms with Gasteiger partial charge in [-0.15, -0.1) is 0 Å². The molecular formula is C25H50O3. The van der Waals surface area contributed by atoms with Crippen molar-refractivity contribution in [2.24, 2.45) is 0 Å². The first-order valence-electron chi connectivity index (χ1n) is 12.5. The molecule has 0 aliphatic heterocycles. The minimum Gasteiger partial charge on any atom is -0.353 e. The number of aldehydes is 1. The highest BCUT2D eigenvalue weighted by atomic mass is 16.7. The average molecular weight is 399 g/mol. The van der Waals surface area contributed by atoms with E-state index in [0.717, 1.165) is 45.2 Å². The van der Waals surface area contributed by atoms with Crippen LogP contribution in [0.3, 0.4) is 0 Å². The zero-order valence-electron chi connectivity index (χ0n) is 19.2. The van der Waals surface area contributed by atoms with Gasteiger partial charge in [0, 0.05) is 19.6 Å². The second-order valence-corrected chi connectivity index (χ2v) is 8.22. The van der Waals surface area contributed by atoms with Crippen LogP contribution in [0.25, 0.3) is 0 Å². The van der Waals surface area contributed by atoms with E-state index in [0.29, 0.717) is 6.42 Å². The van der Waals surface area contributed by atoms with Crippen molar-refractivity contribution in [3.8, 4) is 0 Å². The van der Waals surface area contributed by atoms with Crippen LogP contribution in [-0.2, 0) is 14.3 Å². The Morgan fingerprint density at radius 2 is 1.00 bits per heavy atom. The zero-order valence-corrected chi connectivity index (χ0v) is 19.2. The van der Waals surface area contributed by atoms with E-state index in [-0.39, 0.29) is 6.29 Å². The highest BCUT2D eigenvalue weighted by Gasteiger charge is 2.09. The molecule has 0 aromatic carbocycles. The predicted octanol–water partition coefficient (Wildman–Crippen LogP) is 8.00. The predicted molar refractivity (Wildman–Crippen MR) is 121 cm³/mol. The number of carbonyl (C=O) groups excluding carboxylic acids is 1. The first-order chi connectivity index (χ1) is 13.8. The van der Waals surface area contributed by atoms with Crippen molar-refractivity contribution >= 4 is 6.29 Å². The summed E-state index contributed by atoms with van der Waals surface area (Å²) in [6.07, 6.45) is 24.1. The number of rotatable bonds is 24. The minimum atomic E-state index is -0.0127. The molecule has 28 heavy (non-hydrogen) atoms. The van der Waals surface area contributed by atoms with E-state index < -0.39 is 0 Å². The Balaban J connectivity index is 3.81. The summed E-state index contributed by atoms with van der Waals surface area (Å²) in [5, 5.41) is 0. The van der Waals surface area contributed by atoms with Crippen LogP contribution in [0.2, 0.25) is 0 Å². The summed E-state index contributed by atoms with van der Waals surface area (Å²) in [6, 6.07) is 0. The van der Waals surface area contributed by atoms with Crippen molar-refractivity contribution < 1.29 is 14.3 Å². The second-order valence-electron chi connectivity index (χ2n) is 8.22. The summed E-state index contributed by atoms with van der Waals surface area (Å²) in [7, 11) is 0. The van der Waals surface area contributed by atoms with Crippen molar-refractivity contribution in [2.75, 3.05) is 13.2 Å². The van der Waals surface area contributed by atoms with Crippen molar-refractivity contribution in [3.63, 3.8) is 0 Å². The van der Waals surface area contributed by atoms with Gasteiger partial charge < -0.3 is 14.3 Å². The first-order valence-corrected chi connectivity index (χ1v) is 12.5. The molecule has 0 N–H and O–H groups in total. The van der Waals surface area contributed by atoms with Gasteiger partial charge in [-0.2, -0.15) is 0 Å². The molecule has 0 saturated carbocycles. The molecule has 0 aliphatic carbocycles. The van der Waals surface area contributed by atoms with Crippen LogP contribution in [0.15, 0.2) is 0 Å². The summed E-state index contributed by atoms with van der Waals surface area (Å²) >= 11 is 0. The van der Waals surface area contributed by atoms with E-state index >= 15 is 0 Å². The lowest BCUT2D eigenvalue weighted by atomic mass is 10.1. The van der Waals surface area contributed by atoms with Gasteiger partial charge in [0.2, 0.25) is 0 Å². The molecule has 0 amide bonds. The number of hydrogen-bond acceptors (Lipinski definition) is 3. The number of ether oxygens (including phenoxy) is 2.